The zero-order valence-electron chi connectivity index (χ0n) is 14.6. The molecule has 24 heavy (non-hydrogen) atoms. The number of thioether (sulfide) groups is 1. The molecule has 0 aromatic carbocycles. The topological polar surface area (TPSA) is 44.7 Å². The predicted octanol–water partition coefficient (Wildman–Crippen LogP) is 3.32. The molecule has 0 saturated carbocycles. The van der Waals surface area contributed by atoms with Crippen molar-refractivity contribution >= 4 is 23.4 Å². The Balaban J connectivity index is 1.51. The van der Waals surface area contributed by atoms with E-state index in [4.69, 9.17) is 0 Å². The van der Waals surface area contributed by atoms with Gasteiger partial charge in [0.2, 0.25) is 5.91 Å². The highest BCUT2D eigenvalue weighted by Gasteiger charge is 2.54. The summed E-state index contributed by atoms with van der Waals surface area (Å²) < 4.78 is 0.0324. The molecule has 4 rings (SSSR count). The quantitative estimate of drug-likeness (QED) is 0.781. The monoisotopic (exact) mass is 345 g/mol. The average Bonchev–Trinajstić information content (AvgIpc) is 2.96. The lowest BCUT2D eigenvalue weighted by Gasteiger charge is -2.41. The van der Waals surface area contributed by atoms with E-state index in [1.54, 1.807) is 0 Å². The van der Waals surface area contributed by atoms with Crippen molar-refractivity contribution < 1.29 is 4.79 Å². The third-order valence-corrected chi connectivity index (χ3v) is 7.89. The van der Waals surface area contributed by atoms with E-state index in [1.807, 2.05) is 18.0 Å². The van der Waals surface area contributed by atoms with E-state index in [9.17, 15) is 4.79 Å². The largest absolute Gasteiger partial charge is 0.288 e. The maximum Gasteiger partial charge on any atom is 0.238 e. The third kappa shape index (κ3) is 2.57. The van der Waals surface area contributed by atoms with Crippen molar-refractivity contribution in [3.8, 4) is 0 Å². The second kappa shape index (κ2) is 6.34. The Hall–Kier alpha value is -1.07. The maximum atomic E-state index is 13.1. The second-order valence-electron chi connectivity index (χ2n) is 7.64. The molecule has 5 atom stereocenters. The Morgan fingerprint density at radius 3 is 2.92 bits per heavy atom. The van der Waals surface area contributed by atoms with Crippen LogP contribution in [-0.4, -0.2) is 39.2 Å². The van der Waals surface area contributed by atoms with Gasteiger partial charge in [-0.3, -0.25) is 15.2 Å². The Labute approximate surface area is 148 Å². The molecular weight excluding hydrogens is 318 g/mol. The molecule has 1 aliphatic carbocycles. The molecule has 2 fully saturated rings. The molecule has 0 bridgehead atoms. The molecule has 5 unspecified atom stereocenters. The first-order chi connectivity index (χ1) is 11.6. The fraction of sp³-hybridized carbons (Fsp3) is 0.684. The fourth-order valence-corrected chi connectivity index (χ4v) is 6.53. The number of aliphatic imine (C=N–C) groups is 1. The molecule has 1 spiro atoms. The highest BCUT2D eigenvalue weighted by atomic mass is 32.2. The Kier molecular flexibility index (Phi) is 4.33. The zero-order chi connectivity index (χ0) is 16.7. The van der Waals surface area contributed by atoms with E-state index in [0.29, 0.717) is 12.1 Å². The van der Waals surface area contributed by atoms with Crippen molar-refractivity contribution in [3.63, 3.8) is 0 Å². The van der Waals surface area contributed by atoms with E-state index in [0.717, 1.165) is 18.6 Å². The van der Waals surface area contributed by atoms with Crippen LogP contribution in [-0.2, 0) is 4.79 Å². The van der Waals surface area contributed by atoms with Gasteiger partial charge in [0.25, 0.3) is 0 Å². The number of carbonyl (C=O) groups is 1. The number of allylic oxidation sites excluding steroid dienone is 3. The van der Waals surface area contributed by atoms with Gasteiger partial charge in [0, 0.05) is 42.1 Å². The van der Waals surface area contributed by atoms with E-state index < -0.39 is 0 Å². The van der Waals surface area contributed by atoms with E-state index >= 15 is 0 Å². The minimum Gasteiger partial charge on any atom is -0.288 e. The summed E-state index contributed by atoms with van der Waals surface area (Å²) in [5.41, 5.74) is 4.54. The number of hydrogen-bond donors (Lipinski definition) is 1. The molecule has 1 N–H and O–H groups in total. The van der Waals surface area contributed by atoms with Gasteiger partial charge in [-0.25, -0.2) is 5.01 Å². The molecular formula is C19H27N3OS. The smallest absolute Gasteiger partial charge is 0.238 e. The first-order valence-corrected chi connectivity index (χ1v) is 10.2. The third-order valence-electron chi connectivity index (χ3n) is 6.17. The van der Waals surface area contributed by atoms with Gasteiger partial charge >= 0.3 is 0 Å². The first kappa shape index (κ1) is 16.4. The summed E-state index contributed by atoms with van der Waals surface area (Å²) >= 11 is 1.95. The van der Waals surface area contributed by atoms with Gasteiger partial charge in [0.05, 0.1) is 10.7 Å². The van der Waals surface area contributed by atoms with Crippen LogP contribution < -0.4 is 5.43 Å². The van der Waals surface area contributed by atoms with Crippen molar-refractivity contribution in [2.75, 3.05) is 5.75 Å². The summed E-state index contributed by atoms with van der Waals surface area (Å²) in [7, 11) is 0. The second-order valence-corrected chi connectivity index (χ2v) is 8.99. The number of nitrogens with one attached hydrogen (secondary N) is 1. The number of piperidine rings is 1. The molecule has 2 saturated heterocycles. The highest BCUT2D eigenvalue weighted by Crippen LogP contribution is 2.53. The summed E-state index contributed by atoms with van der Waals surface area (Å²) in [5.74, 6) is 1.41. The molecule has 4 aliphatic rings. The maximum absolute atomic E-state index is 13.1. The molecule has 4 nitrogen and oxygen atoms in total. The van der Waals surface area contributed by atoms with Crippen molar-refractivity contribution in [3.05, 3.63) is 24.4 Å². The van der Waals surface area contributed by atoms with Crippen molar-refractivity contribution in [1.82, 2.24) is 10.4 Å². The summed E-state index contributed by atoms with van der Waals surface area (Å²) in [6.45, 7) is 4.44. The lowest BCUT2D eigenvalue weighted by atomic mass is 9.73. The number of carbonyl (C=O) groups excluding carboxylic acids is 1. The summed E-state index contributed by atoms with van der Waals surface area (Å²) in [6.07, 6.45) is 14.1. The highest BCUT2D eigenvalue weighted by molar-refractivity contribution is 8.01. The molecule has 0 radical (unpaired) electrons. The molecule has 130 valence electrons. The van der Waals surface area contributed by atoms with Crippen LogP contribution in [0.25, 0.3) is 0 Å². The first-order valence-electron chi connectivity index (χ1n) is 9.23. The van der Waals surface area contributed by atoms with Gasteiger partial charge in [-0.2, -0.15) is 0 Å². The lowest BCUT2D eigenvalue weighted by Crippen LogP contribution is -2.56. The van der Waals surface area contributed by atoms with Gasteiger partial charge in [0.15, 0.2) is 0 Å². The standard InChI is InChI=1S/C19H27N3OS/c1-13-6-5-7-14(2)22(13)21-18(23)15-12-24-19-10-4-3-8-17(19)20-11-9-16(15)19/h3-4,9,11,13-16H,5-8,10,12H2,1-2H3,(H,21,23). The number of nitrogens with zero attached hydrogens (tertiary/aromatic N) is 2. The van der Waals surface area contributed by atoms with Crippen LogP contribution in [0, 0.1) is 11.8 Å². The molecule has 0 aromatic rings. The molecule has 3 aliphatic heterocycles. The normalized spacial score (nSPS) is 41.5. The van der Waals surface area contributed by atoms with Crippen molar-refractivity contribution in [2.45, 2.75) is 62.8 Å². The SMILES string of the molecule is CC1CCCC(C)N1NC(=O)C1CSC23CC=CCC2=NC=CC13. The number of hydrogen-bond acceptors (Lipinski definition) is 4. The minimum absolute atomic E-state index is 0.0324. The predicted molar refractivity (Wildman–Crippen MR) is 99.9 cm³/mol. The number of amides is 1. The van der Waals surface area contributed by atoms with Crippen LogP contribution in [0.2, 0.25) is 0 Å². The van der Waals surface area contributed by atoms with Gasteiger partial charge < -0.3 is 0 Å². The fourth-order valence-electron chi connectivity index (χ4n) is 4.75. The van der Waals surface area contributed by atoms with Crippen LogP contribution in [0.5, 0.6) is 0 Å². The Bertz CT molecular complexity index is 604. The lowest BCUT2D eigenvalue weighted by molar-refractivity contribution is -0.133. The van der Waals surface area contributed by atoms with Crippen LogP contribution in [0.1, 0.15) is 46.0 Å². The van der Waals surface area contributed by atoms with Gasteiger partial charge in [0.1, 0.15) is 0 Å². The van der Waals surface area contributed by atoms with Crippen LogP contribution in [0.3, 0.4) is 0 Å². The Morgan fingerprint density at radius 1 is 1.33 bits per heavy atom. The van der Waals surface area contributed by atoms with E-state index in [2.05, 4.69) is 47.5 Å². The van der Waals surface area contributed by atoms with Crippen molar-refractivity contribution in [2.24, 2.45) is 16.8 Å². The molecule has 5 heteroatoms. The Morgan fingerprint density at radius 2 is 2.12 bits per heavy atom. The van der Waals surface area contributed by atoms with E-state index in [-0.39, 0.29) is 22.5 Å². The minimum atomic E-state index is 0.0324. The van der Waals surface area contributed by atoms with Crippen LogP contribution in [0.4, 0.5) is 0 Å². The van der Waals surface area contributed by atoms with Gasteiger partial charge in [-0.05, 0) is 33.1 Å². The van der Waals surface area contributed by atoms with Gasteiger partial charge in [-0.1, -0.05) is 24.6 Å². The number of hydrazine groups is 1. The average molecular weight is 346 g/mol. The molecule has 1 amide bonds. The van der Waals surface area contributed by atoms with E-state index in [1.165, 1.54) is 25.0 Å². The summed E-state index contributed by atoms with van der Waals surface area (Å²) in [5, 5.41) is 2.20. The van der Waals surface area contributed by atoms with Crippen molar-refractivity contribution in [1.29, 1.82) is 0 Å². The summed E-state index contributed by atoms with van der Waals surface area (Å²) in [4.78, 5) is 17.7. The van der Waals surface area contributed by atoms with Gasteiger partial charge in [-0.15, -0.1) is 11.8 Å². The summed E-state index contributed by atoms with van der Waals surface area (Å²) in [6, 6.07) is 0.856. The number of rotatable bonds is 2. The van der Waals surface area contributed by atoms with Crippen LogP contribution in [0.15, 0.2) is 29.4 Å². The molecule has 0 aromatic heterocycles. The molecule has 3 heterocycles. The van der Waals surface area contributed by atoms with Crippen LogP contribution >= 0.6 is 11.8 Å². The zero-order valence-corrected chi connectivity index (χ0v) is 15.4.